The van der Waals surface area contributed by atoms with E-state index in [0.717, 1.165) is 22.2 Å². The van der Waals surface area contributed by atoms with Crippen molar-refractivity contribution in [1.82, 2.24) is 4.98 Å². The van der Waals surface area contributed by atoms with Gasteiger partial charge < -0.3 is 15.0 Å². The monoisotopic (exact) mass is 369 g/mol. The number of nitrogens with one attached hydrogen (secondary N) is 2. The summed E-state index contributed by atoms with van der Waals surface area (Å²) in [5.41, 5.74) is 3.25. The number of aromatic nitrogens is 1. The maximum Gasteiger partial charge on any atom is 0.414 e. The lowest BCUT2D eigenvalue weighted by molar-refractivity contribution is -0.115. The zero-order chi connectivity index (χ0) is 18.1. The molecule has 2 heterocycles. The molecule has 132 valence electrons. The summed E-state index contributed by atoms with van der Waals surface area (Å²) in [6.07, 6.45) is 1.71. The van der Waals surface area contributed by atoms with E-state index >= 15 is 0 Å². The van der Waals surface area contributed by atoms with Crippen LogP contribution in [-0.2, 0) is 16.0 Å². The Morgan fingerprint density at radius 3 is 2.77 bits per heavy atom. The smallest absolute Gasteiger partial charge is 0.414 e. The number of carbonyl (C=O) groups excluding carboxylic acids is 2. The number of hydrogen-bond donors (Lipinski definition) is 2. The molecule has 0 saturated carbocycles. The summed E-state index contributed by atoms with van der Waals surface area (Å²) in [6.45, 7) is 0.930. The SMILES string of the molecule is O=C(Cc1c[nH]c2ccc(Cl)cc12)Nc1ccc(N2CCOC2=O)cc1. The number of halogens is 1. The lowest BCUT2D eigenvalue weighted by Gasteiger charge is -2.13. The first-order valence-electron chi connectivity index (χ1n) is 8.20. The van der Waals surface area contributed by atoms with Crippen LogP contribution in [0, 0.1) is 0 Å². The maximum atomic E-state index is 12.4. The van der Waals surface area contributed by atoms with Gasteiger partial charge in [0.1, 0.15) is 6.61 Å². The van der Waals surface area contributed by atoms with Crippen LogP contribution < -0.4 is 10.2 Å². The Bertz CT molecular complexity index is 981. The van der Waals surface area contributed by atoms with E-state index in [-0.39, 0.29) is 18.4 Å². The molecule has 0 atom stereocenters. The molecule has 2 amide bonds. The molecule has 2 N–H and O–H groups in total. The Labute approximate surface area is 154 Å². The molecule has 26 heavy (non-hydrogen) atoms. The molecule has 0 unspecified atom stereocenters. The van der Waals surface area contributed by atoms with Crippen LogP contribution in [0.4, 0.5) is 16.2 Å². The molecule has 1 aliphatic rings. The Balaban J connectivity index is 1.44. The Kier molecular flexibility index (Phi) is 4.26. The molecule has 0 bridgehead atoms. The van der Waals surface area contributed by atoms with Crippen LogP contribution >= 0.6 is 11.6 Å². The second kappa shape index (κ2) is 6.72. The molecule has 4 rings (SSSR count). The van der Waals surface area contributed by atoms with Gasteiger partial charge in [-0.1, -0.05) is 11.6 Å². The van der Waals surface area contributed by atoms with Crippen molar-refractivity contribution in [1.29, 1.82) is 0 Å². The quantitative estimate of drug-likeness (QED) is 0.731. The fourth-order valence-electron chi connectivity index (χ4n) is 3.03. The number of aromatic amines is 1. The Morgan fingerprint density at radius 2 is 2.04 bits per heavy atom. The second-order valence-corrected chi connectivity index (χ2v) is 6.48. The number of rotatable bonds is 4. The molecular formula is C19H16ClN3O3. The number of fused-ring (bicyclic) bond motifs is 1. The lowest BCUT2D eigenvalue weighted by Crippen LogP contribution is -2.23. The number of ether oxygens (including phenoxy) is 1. The van der Waals surface area contributed by atoms with Gasteiger partial charge in [0.2, 0.25) is 5.91 Å². The normalized spacial score (nSPS) is 13.9. The fourth-order valence-corrected chi connectivity index (χ4v) is 3.20. The lowest BCUT2D eigenvalue weighted by atomic mass is 10.1. The number of hydrogen-bond acceptors (Lipinski definition) is 3. The second-order valence-electron chi connectivity index (χ2n) is 6.04. The molecule has 1 aliphatic heterocycles. The summed E-state index contributed by atoms with van der Waals surface area (Å²) < 4.78 is 4.92. The van der Waals surface area contributed by atoms with Gasteiger partial charge in [0.05, 0.1) is 13.0 Å². The molecule has 7 heteroatoms. The molecule has 1 aromatic heterocycles. The van der Waals surface area contributed by atoms with Gasteiger partial charge in [-0.05, 0) is 48.0 Å². The van der Waals surface area contributed by atoms with Gasteiger partial charge >= 0.3 is 6.09 Å². The van der Waals surface area contributed by atoms with E-state index < -0.39 is 0 Å². The third-order valence-electron chi connectivity index (χ3n) is 4.30. The molecular weight excluding hydrogens is 354 g/mol. The summed E-state index contributed by atoms with van der Waals surface area (Å²) in [5.74, 6) is -0.126. The van der Waals surface area contributed by atoms with E-state index in [1.165, 1.54) is 0 Å². The molecule has 3 aromatic rings. The van der Waals surface area contributed by atoms with Gasteiger partial charge in [0.15, 0.2) is 0 Å². The molecule has 1 fully saturated rings. The van der Waals surface area contributed by atoms with Gasteiger partial charge in [0.25, 0.3) is 0 Å². The average Bonchev–Trinajstić information content (AvgIpc) is 3.22. The zero-order valence-corrected chi connectivity index (χ0v) is 14.5. The van der Waals surface area contributed by atoms with Gasteiger partial charge in [-0.15, -0.1) is 0 Å². The van der Waals surface area contributed by atoms with Crippen LogP contribution in [0.25, 0.3) is 10.9 Å². The van der Waals surface area contributed by atoms with Crippen molar-refractivity contribution in [3.63, 3.8) is 0 Å². The number of nitrogens with zero attached hydrogens (tertiary/aromatic N) is 1. The summed E-state index contributed by atoms with van der Waals surface area (Å²) >= 11 is 6.04. The largest absolute Gasteiger partial charge is 0.447 e. The van der Waals surface area contributed by atoms with Crippen molar-refractivity contribution in [3.8, 4) is 0 Å². The standard InChI is InChI=1S/C19H16ClN3O3/c20-13-1-6-17-16(10-13)12(11-21-17)9-18(24)22-14-2-4-15(5-3-14)23-7-8-26-19(23)25/h1-6,10-11,21H,7-9H2,(H,22,24). The predicted molar refractivity (Wildman–Crippen MR) is 101 cm³/mol. The maximum absolute atomic E-state index is 12.4. The van der Waals surface area contributed by atoms with Crippen LogP contribution in [0.2, 0.25) is 5.02 Å². The molecule has 0 aliphatic carbocycles. The summed E-state index contributed by atoms with van der Waals surface area (Å²) in [5, 5.41) is 4.44. The zero-order valence-electron chi connectivity index (χ0n) is 13.8. The number of carbonyl (C=O) groups is 2. The van der Waals surface area contributed by atoms with Crippen molar-refractivity contribution >= 4 is 45.9 Å². The van der Waals surface area contributed by atoms with Gasteiger partial charge in [-0.25, -0.2) is 4.79 Å². The van der Waals surface area contributed by atoms with Gasteiger partial charge in [-0.3, -0.25) is 9.69 Å². The molecule has 0 radical (unpaired) electrons. The first kappa shape index (κ1) is 16.5. The van der Waals surface area contributed by atoms with Crippen LogP contribution in [0.5, 0.6) is 0 Å². The van der Waals surface area contributed by atoms with E-state index in [0.29, 0.717) is 23.9 Å². The van der Waals surface area contributed by atoms with Gasteiger partial charge in [-0.2, -0.15) is 0 Å². The number of benzene rings is 2. The van der Waals surface area contributed by atoms with Crippen LogP contribution in [0.1, 0.15) is 5.56 Å². The molecule has 6 nitrogen and oxygen atoms in total. The number of anilines is 2. The highest BCUT2D eigenvalue weighted by molar-refractivity contribution is 6.31. The minimum Gasteiger partial charge on any atom is -0.447 e. The first-order valence-corrected chi connectivity index (χ1v) is 8.58. The Hall–Kier alpha value is -2.99. The van der Waals surface area contributed by atoms with Crippen molar-refractivity contribution in [2.45, 2.75) is 6.42 Å². The van der Waals surface area contributed by atoms with Crippen molar-refractivity contribution in [2.24, 2.45) is 0 Å². The highest BCUT2D eigenvalue weighted by atomic mass is 35.5. The average molecular weight is 370 g/mol. The summed E-state index contributed by atoms with van der Waals surface area (Å²) in [6, 6.07) is 12.7. The van der Waals surface area contributed by atoms with Crippen LogP contribution in [-0.4, -0.2) is 30.1 Å². The minimum atomic E-state index is -0.347. The van der Waals surface area contributed by atoms with E-state index in [1.807, 2.05) is 24.4 Å². The number of H-pyrrole nitrogens is 1. The third kappa shape index (κ3) is 3.23. The number of cyclic esters (lactones) is 1. The van der Waals surface area contributed by atoms with Gasteiger partial charge in [0, 0.05) is 33.5 Å². The third-order valence-corrected chi connectivity index (χ3v) is 4.54. The fraction of sp³-hybridized carbons (Fsp3) is 0.158. The van der Waals surface area contributed by atoms with Crippen LogP contribution in [0.15, 0.2) is 48.7 Å². The summed E-state index contributed by atoms with van der Waals surface area (Å²) in [4.78, 5) is 28.6. The summed E-state index contributed by atoms with van der Waals surface area (Å²) in [7, 11) is 0. The Morgan fingerprint density at radius 1 is 1.23 bits per heavy atom. The van der Waals surface area contributed by atoms with Crippen molar-refractivity contribution < 1.29 is 14.3 Å². The minimum absolute atomic E-state index is 0.126. The highest BCUT2D eigenvalue weighted by Gasteiger charge is 2.23. The van der Waals surface area contributed by atoms with E-state index in [2.05, 4.69) is 10.3 Å². The van der Waals surface area contributed by atoms with Crippen LogP contribution in [0.3, 0.4) is 0 Å². The topological polar surface area (TPSA) is 74.4 Å². The molecule has 0 spiro atoms. The number of amides is 2. The van der Waals surface area contributed by atoms with Crippen molar-refractivity contribution in [2.75, 3.05) is 23.4 Å². The van der Waals surface area contributed by atoms with E-state index in [1.54, 1.807) is 29.2 Å². The van der Waals surface area contributed by atoms with E-state index in [9.17, 15) is 9.59 Å². The molecule has 1 saturated heterocycles. The first-order chi connectivity index (χ1) is 12.6. The predicted octanol–water partition coefficient (Wildman–Crippen LogP) is 3.96. The molecule has 2 aromatic carbocycles. The van der Waals surface area contributed by atoms with Crippen molar-refractivity contribution in [3.05, 3.63) is 59.2 Å². The highest BCUT2D eigenvalue weighted by Crippen LogP contribution is 2.24. The van der Waals surface area contributed by atoms with E-state index in [4.69, 9.17) is 16.3 Å².